The molecule has 1 N–H and O–H groups in total. The molecule has 0 amide bonds. The van der Waals surface area contributed by atoms with Crippen LogP contribution in [-0.2, 0) is 5.41 Å². The maximum atomic E-state index is 12.3. The van der Waals surface area contributed by atoms with Gasteiger partial charge in [-0.1, -0.05) is 57.2 Å². The molecule has 3 heteroatoms. The van der Waals surface area contributed by atoms with Gasteiger partial charge in [-0.05, 0) is 23.1 Å². The minimum atomic E-state index is -0.997. The standard InChI is InChI=1S/C18H18O3/c1-18(2,3)15-10-8-13(9-11-15)16(19)12-4-6-14(7-5-12)17(20)21/h4-11H,1-3H3,(H,20,21). The summed E-state index contributed by atoms with van der Waals surface area (Å²) in [5.74, 6) is -1.10. The van der Waals surface area contributed by atoms with E-state index >= 15 is 0 Å². The summed E-state index contributed by atoms with van der Waals surface area (Å²) in [5, 5.41) is 8.85. The first kappa shape index (κ1) is 15.0. The second kappa shape index (κ2) is 5.52. The van der Waals surface area contributed by atoms with Crippen LogP contribution in [0, 0.1) is 0 Å². The van der Waals surface area contributed by atoms with Gasteiger partial charge in [0.25, 0.3) is 0 Å². The zero-order valence-electron chi connectivity index (χ0n) is 12.4. The second-order valence-corrected chi connectivity index (χ2v) is 6.04. The number of ketones is 1. The predicted octanol–water partition coefficient (Wildman–Crippen LogP) is 3.91. The minimum absolute atomic E-state index is 0.0463. The van der Waals surface area contributed by atoms with E-state index in [0.29, 0.717) is 11.1 Å². The van der Waals surface area contributed by atoms with Crippen LogP contribution in [0.1, 0.15) is 52.6 Å². The summed E-state index contributed by atoms with van der Waals surface area (Å²) in [5.41, 5.74) is 2.48. The van der Waals surface area contributed by atoms with Crippen molar-refractivity contribution in [3.05, 3.63) is 70.8 Å². The Morgan fingerprint density at radius 1 is 0.762 bits per heavy atom. The first-order valence-electron chi connectivity index (χ1n) is 6.77. The largest absolute Gasteiger partial charge is 0.478 e. The summed E-state index contributed by atoms with van der Waals surface area (Å²) in [6.45, 7) is 6.36. The summed E-state index contributed by atoms with van der Waals surface area (Å²) in [7, 11) is 0. The third-order valence-electron chi connectivity index (χ3n) is 3.41. The Morgan fingerprint density at radius 2 is 1.14 bits per heavy atom. The van der Waals surface area contributed by atoms with Crippen LogP contribution < -0.4 is 0 Å². The lowest BCUT2D eigenvalue weighted by Crippen LogP contribution is -2.11. The number of aromatic carboxylic acids is 1. The fourth-order valence-electron chi connectivity index (χ4n) is 2.05. The molecule has 2 aromatic carbocycles. The van der Waals surface area contributed by atoms with E-state index in [9.17, 15) is 9.59 Å². The lowest BCUT2D eigenvalue weighted by molar-refractivity contribution is 0.0696. The van der Waals surface area contributed by atoms with E-state index in [-0.39, 0.29) is 16.8 Å². The topological polar surface area (TPSA) is 54.4 Å². The van der Waals surface area contributed by atoms with Crippen molar-refractivity contribution in [3.63, 3.8) is 0 Å². The number of carboxylic acids is 1. The molecule has 0 heterocycles. The highest BCUT2D eigenvalue weighted by Gasteiger charge is 2.15. The molecule has 0 aliphatic heterocycles. The average Bonchev–Trinajstić information content (AvgIpc) is 2.46. The van der Waals surface area contributed by atoms with Crippen LogP contribution in [0.3, 0.4) is 0 Å². The smallest absolute Gasteiger partial charge is 0.335 e. The molecule has 0 aliphatic rings. The van der Waals surface area contributed by atoms with Crippen LogP contribution in [0.5, 0.6) is 0 Å². The van der Waals surface area contributed by atoms with Gasteiger partial charge in [0.2, 0.25) is 0 Å². The van der Waals surface area contributed by atoms with Gasteiger partial charge in [-0.3, -0.25) is 4.79 Å². The van der Waals surface area contributed by atoms with Gasteiger partial charge in [-0.25, -0.2) is 4.79 Å². The van der Waals surface area contributed by atoms with Crippen LogP contribution in [-0.4, -0.2) is 16.9 Å². The molecule has 0 aromatic heterocycles. The number of carbonyl (C=O) groups is 2. The number of carboxylic acid groups (broad SMARTS) is 1. The van der Waals surface area contributed by atoms with Crippen molar-refractivity contribution in [2.45, 2.75) is 26.2 Å². The minimum Gasteiger partial charge on any atom is -0.478 e. The molecular formula is C18H18O3. The van der Waals surface area contributed by atoms with E-state index in [2.05, 4.69) is 20.8 Å². The van der Waals surface area contributed by atoms with Gasteiger partial charge >= 0.3 is 5.97 Å². The predicted molar refractivity (Wildman–Crippen MR) is 82.0 cm³/mol. The Balaban J connectivity index is 2.25. The van der Waals surface area contributed by atoms with Crippen LogP contribution >= 0.6 is 0 Å². The van der Waals surface area contributed by atoms with Crippen molar-refractivity contribution in [2.24, 2.45) is 0 Å². The monoisotopic (exact) mass is 282 g/mol. The highest BCUT2D eigenvalue weighted by Crippen LogP contribution is 2.23. The molecule has 0 radical (unpaired) electrons. The van der Waals surface area contributed by atoms with Gasteiger partial charge < -0.3 is 5.11 Å². The molecule has 21 heavy (non-hydrogen) atoms. The normalized spacial score (nSPS) is 11.2. The highest BCUT2D eigenvalue weighted by atomic mass is 16.4. The van der Waals surface area contributed by atoms with Crippen molar-refractivity contribution in [1.82, 2.24) is 0 Å². The molecule has 2 aromatic rings. The number of rotatable bonds is 3. The van der Waals surface area contributed by atoms with Crippen molar-refractivity contribution < 1.29 is 14.7 Å². The molecule has 0 aliphatic carbocycles. The molecule has 0 fully saturated rings. The third-order valence-corrected chi connectivity index (χ3v) is 3.41. The van der Waals surface area contributed by atoms with Crippen molar-refractivity contribution >= 4 is 11.8 Å². The summed E-state index contributed by atoms with van der Waals surface area (Å²) in [4.78, 5) is 23.1. The highest BCUT2D eigenvalue weighted by molar-refractivity contribution is 6.09. The molecular weight excluding hydrogens is 264 g/mol. The summed E-state index contributed by atoms with van der Waals surface area (Å²) >= 11 is 0. The van der Waals surface area contributed by atoms with Gasteiger partial charge in [0.15, 0.2) is 5.78 Å². The Labute approximate surface area is 124 Å². The molecule has 0 saturated carbocycles. The molecule has 0 spiro atoms. The Kier molecular flexibility index (Phi) is 3.94. The molecule has 0 atom stereocenters. The Morgan fingerprint density at radius 3 is 1.52 bits per heavy atom. The average molecular weight is 282 g/mol. The molecule has 108 valence electrons. The van der Waals surface area contributed by atoms with Gasteiger partial charge in [-0.2, -0.15) is 0 Å². The van der Waals surface area contributed by atoms with E-state index < -0.39 is 5.97 Å². The van der Waals surface area contributed by atoms with E-state index in [0.717, 1.165) is 0 Å². The van der Waals surface area contributed by atoms with Gasteiger partial charge in [0.1, 0.15) is 0 Å². The molecule has 2 rings (SSSR count). The summed E-state index contributed by atoms with van der Waals surface area (Å²) in [6.07, 6.45) is 0. The fraction of sp³-hybridized carbons (Fsp3) is 0.222. The van der Waals surface area contributed by atoms with Gasteiger partial charge in [0, 0.05) is 11.1 Å². The van der Waals surface area contributed by atoms with E-state index in [1.54, 1.807) is 12.1 Å². The molecule has 0 bridgehead atoms. The molecule has 0 saturated heterocycles. The van der Waals surface area contributed by atoms with Crippen LogP contribution in [0.2, 0.25) is 0 Å². The van der Waals surface area contributed by atoms with Gasteiger partial charge in [-0.15, -0.1) is 0 Å². The van der Waals surface area contributed by atoms with E-state index in [4.69, 9.17) is 5.11 Å². The summed E-state index contributed by atoms with van der Waals surface area (Å²) < 4.78 is 0. The maximum absolute atomic E-state index is 12.3. The zero-order valence-corrected chi connectivity index (χ0v) is 12.4. The number of carbonyl (C=O) groups excluding carboxylic acids is 1. The van der Waals surface area contributed by atoms with E-state index in [1.807, 2.05) is 24.3 Å². The zero-order chi connectivity index (χ0) is 15.6. The quantitative estimate of drug-likeness (QED) is 0.868. The maximum Gasteiger partial charge on any atom is 0.335 e. The number of benzene rings is 2. The number of hydrogen-bond acceptors (Lipinski definition) is 2. The van der Waals surface area contributed by atoms with E-state index in [1.165, 1.54) is 17.7 Å². The SMILES string of the molecule is CC(C)(C)c1ccc(C(=O)c2ccc(C(=O)O)cc2)cc1. The van der Waals surface area contributed by atoms with Crippen molar-refractivity contribution in [3.8, 4) is 0 Å². The lowest BCUT2D eigenvalue weighted by atomic mass is 9.86. The van der Waals surface area contributed by atoms with Gasteiger partial charge in [0.05, 0.1) is 5.56 Å². The third kappa shape index (κ3) is 3.37. The van der Waals surface area contributed by atoms with Crippen LogP contribution in [0.4, 0.5) is 0 Å². The second-order valence-electron chi connectivity index (χ2n) is 6.04. The van der Waals surface area contributed by atoms with Crippen LogP contribution in [0.25, 0.3) is 0 Å². The Bertz CT molecular complexity index is 659. The first-order chi connectivity index (χ1) is 9.79. The lowest BCUT2D eigenvalue weighted by Gasteiger charge is -2.19. The van der Waals surface area contributed by atoms with Crippen LogP contribution in [0.15, 0.2) is 48.5 Å². The first-order valence-corrected chi connectivity index (χ1v) is 6.77. The molecule has 3 nitrogen and oxygen atoms in total. The summed E-state index contributed by atoms with van der Waals surface area (Å²) in [6, 6.07) is 13.5. The van der Waals surface area contributed by atoms with Crippen molar-refractivity contribution in [1.29, 1.82) is 0 Å². The fourth-order valence-corrected chi connectivity index (χ4v) is 2.05. The molecule has 0 unspecified atom stereocenters. The Hall–Kier alpha value is -2.42. The number of hydrogen-bond donors (Lipinski definition) is 1. The van der Waals surface area contributed by atoms with Crippen molar-refractivity contribution in [2.75, 3.05) is 0 Å².